The molecule has 0 aromatic heterocycles. The topological polar surface area (TPSA) is 92.3 Å². The monoisotopic (exact) mass is 460 g/mol. The molecule has 0 bridgehead atoms. The van der Waals surface area contributed by atoms with Gasteiger partial charge in [-0.2, -0.15) is 0 Å². The summed E-state index contributed by atoms with van der Waals surface area (Å²) in [5, 5.41) is 5.35. The number of nitrogens with one attached hydrogen (secondary N) is 2. The molecule has 6 nitrogen and oxygen atoms in total. The van der Waals surface area contributed by atoms with Crippen LogP contribution >= 0.6 is 15.9 Å². The van der Waals surface area contributed by atoms with Crippen molar-refractivity contribution in [3.63, 3.8) is 0 Å². The van der Waals surface area contributed by atoms with Gasteiger partial charge in [-0.25, -0.2) is 0 Å². The maximum absolute atomic E-state index is 11.5. The molecule has 7 heteroatoms. The van der Waals surface area contributed by atoms with Crippen molar-refractivity contribution < 1.29 is 19.2 Å². The zero-order chi connectivity index (χ0) is 22.1. The van der Waals surface area contributed by atoms with Crippen LogP contribution in [-0.2, 0) is 0 Å². The molecule has 0 aliphatic heterocycles. The highest BCUT2D eigenvalue weighted by molar-refractivity contribution is 9.09. The van der Waals surface area contributed by atoms with Crippen molar-refractivity contribution >= 4 is 39.3 Å². The minimum Gasteiger partial charge on any atom is -0.355 e. The Labute approximate surface area is 179 Å². The summed E-state index contributed by atoms with van der Waals surface area (Å²) >= 11 is 3.10. The van der Waals surface area contributed by atoms with Crippen molar-refractivity contribution in [1.29, 1.82) is 0 Å². The minimum atomic E-state index is -0.170. The minimum absolute atomic E-state index is 0.0276. The number of hydrogen-bond donors (Lipinski definition) is 2. The Morgan fingerprint density at radius 1 is 0.793 bits per heavy atom. The molecule has 29 heavy (non-hydrogen) atoms. The zero-order valence-corrected chi connectivity index (χ0v) is 18.8. The van der Waals surface area contributed by atoms with Gasteiger partial charge in [0.1, 0.15) is 0 Å². The van der Waals surface area contributed by atoms with Gasteiger partial charge >= 0.3 is 0 Å². The van der Waals surface area contributed by atoms with Crippen molar-refractivity contribution in [1.82, 2.24) is 10.6 Å². The maximum Gasteiger partial charge on any atom is 0.251 e. The molecule has 2 rings (SSSR count). The SMILES string of the molecule is CNC(=O)c1cc(C(=O)CBr)ccc1C.CNC(=O)c1cc(C(C)=O)ccc1C. The van der Waals surface area contributed by atoms with E-state index in [0.29, 0.717) is 22.3 Å². The van der Waals surface area contributed by atoms with Crippen molar-refractivity contribution in [3.8, 4) is 0 Å². The van der Waals surface area contributed by atoms with Gasteiger partial charge in [0.15, 0.2) is 11.6 Å². The van der Waals surface area contributed by atoms with E-state index in [0.717, 1.165) is 11.1 Å². The number of carbonyl (C=O) groups is 4. The normalized spacial score (nSPS) is 9.72. The molecule has 154 valence electrons. The summed E-state index contributed by atoms with van der Waals surface area (Å²) in [6.07, 6.45) is 0. The summed E-state index contributed by atoms with van der Waals surface area (Å²) in [5.41, 5.74) is 3.95. The summed E-state index contributed by atoms with van der Waals surface area (Å²) < 4.78 is 0. The molecule has 2 aromatic carbocycles. The number of aryl methyl sites for hydroxylation is 2. The van der Waals surface area contributed by atoms with E-state index >= 15 is 0 Å². The Kier molecular flexibility index (Phi) is 9.41. The predicted octanol–water partition coefficient (Wildman–Crippen LogP) is 3.49. The molecular weight excluding hydrogens is 436 g/mol. The molecule has 0 atom stereocenters. The fraction of sp³-hybridized carbons (Fsp3) is 0.273. The maximum atomic E-state index is 11.5. The van der Waals surface area contributed by atoms with Crippen molar-refractivity contribution in [2.45, 2.75) is 20.8 Å². The van der Waals surface area contributed by atoms with Crippen LogP contribution in [-0.4, -0.2) is 42.8 Å². The van der Waals surface area contributed by atoms with Crippen LogP contribution in [0.5, 0.6) is 0 Å². The number of rotatable bonds is 5. The molecule has 2 N–H and O–H groups in total. The van der Waals surface area contributed by atoms with E-state index in [4.69, 9.17) is 0 Å². The Hall–Kier alpha value is -2.80. The molecule has 2 aromatic rings. The van der Waals surface area contributed by atoms with Crippen LogP contribution in [0.1, 0.15) is 59.5 Å². The van der Waals surface area contributed by atoms with Crippen LogP contribution < -0.4 is 10.6 Å². The Bertz CT molecular complexity index is 938. The van der Waals surface area contributed by atoms with Crippen LogP contribution in [0.2, 0.25) is 0 Å². The number of carbonyl (C=O) groups excluding carboxylic acids is 4. The smallest absolute Gasteiger partial charge is 0.251 e. The largest absolute Gasteiger partial charge is 0.355 e. The van der Waals surface area contributed by atoms with Gasteiger partial charge in [-0.15, -0.1) is 0 Å². The number of halogens is 1. The summed E-state index contributed by atoms with van der Waals surface area (Å²) in [6, 6.07) is 10.3. The third-order valence-electron chi connectivity index (χ3n) is 4.27. The summed E-state index contributed by atoms with van der Waals surface area (Å²) in [5.74, 6) is -0.391. The first-order valence-corrected chi connectivity index (χ1v) is 10.0. The highest BCUT2D eigenvalue weighted by atomic mass is 79.9. The van der Waals surface area contributed by atoms with Crippen LogP contribution in [0.4, 0.5) is 0 Å². The van der Waals surface area contributed by atoms with Gasteiger partial charge < -0.3 is 10.6 Å². The zero-order valence-electron chi connectivity index (χ0n) is 17.2. The van der Waals surface area contributed by atoms with Gasteiger partial charge in [0.05, 0.1) is 5.33 Å². The highest BCUT2D eigenvalue weighted by Gasteiger charge is 2.11. The van der Waals surface area contributed by atoms with Gasteiger partial charge in [-0.1, -0.05) is 40.2 Å². The second kappa shape index (κ2) is 11.3. The molecule has 0 heterocycles. The van der Waals surface area contributed by atoms with E-state index in [-0.39, 0.29) is 28.7 Å². The van der Waals surface area contributed by atoms with Crippen LogP contribution in [0.25, 0.3) is 0 Å². The standard InChI is InChI=1S/C11H12BrNO2.C11H13NO2/c1-7-3-4-8(10(14)6-12)5-9(7)11(15)13-2;1-7-4-5-9(8(2)13)6-10(7)11(14)12-3/h3-5H,6H2,1-2H3,(H,13,15);4-6H,1-3H3,(H,12,14). The molecule has 0 unspecified atom stereocenters. The van der Waals surface area contributed by atoms with Crippen molar-refractivity contribution in [2.75, 3.05) is 19.4 Å². The lowest BCUT2D eigenvalue weighted by Gasteiger charge is -2.06. The fourth-order valence-electron chi connectivity index (χ4n) is 2.47. The van der Waals surface area contributed by atoms with Gasteiger partial charge in [-0.3, -0.25) is 19.2 Å². The van der Waals surface area contributed by atoms with E-state index < -0.39 is 0 Å². The van der Waals surface area contributed by atoms with E-state index in [1.54, 1.807) is 50.5 Å². The van der Waals surface area contributed by atoms with E-state index in [9.17, 15) is 19.2 Å². The second-order valence-corrected chi connectivity index (χ2v) is 6.89. The first-order chi connectivity index (χ1) is 13.7. The first kappa shape index (κ1) is 24.2. The fourth-order valence-corrected chi connectivity index (χ4v) is 2.80. The van der Waals surface area contributed by atoms with Gasteiger partial charge in [0.25, 0.3) is 11.8 Å². The molecule has 0 fully saturated rings. The number of alkyl halides is 1. The van der Waals surface area contributed by atoms with Gasteiger partial charge in [-0.05, 0) is 44.0 Å². The lowest BCUT2D eigenvalue weighted by molar-refractivity contribution is 0.0953. The molecule has 0 saturated heterocycles. The first-order valence-electron chi connectivity index (χ1n) is 8.91. The summed E-state index contributed by atoms with van der Waals surface area (Å²) in [6.45, 7) is 5.17. The third kappa shape index (κ3) is 6.64. The lowest BCUT2D eigenvalue weighted by atomic mass is 10.0. The summed E-state index contributed by atoms with van der Waals surface area (Å²) in [7, 11) is 3.14. The second-order valence-electron chi connectivity index (χ2n) is 6.33. The quantitative estimate of drug-likeness (QED) is 0.527. The van der Waals surface area contributed by atoms with E-state index in [2.05, 4.69) is 26.6 Å². The third-order valence-corrected chi connectivity index (χ3v) is 4.78. The lowest BCUT2D eigenvalue weighted by Crippen LogP contribution is -2.19. The Morgan fingerprint density at radius 2 is 1.21 bits per heavy atom. The number of amides is 2. The van der Waals surface area contributed by atoms with Gasteiger partial charge in [0, 0.05) is 36.3 Å². The summed E-state index contributed by atoms with van der Waals surface area (Å²) in [4.78, 5) is 45.3. The number of Topliss-reactive ketones (excluding diaryl/α,β-unsaturated/α-hetero) is 2. The average molecular weight is 461 g/mol. The van der Waals surface area contributed by atoms with Gasteiger partial charge in [0.2, 0.25) is 0 Å². The molecule has 0 radical (unpaired) electrons. The van der Waals surface area contributed by atoms with Crippen molar-refractivity contribution in [3.05, 3.63) is 69.8 Å². The van der Waals surface area contributed by atoms with Crippen LogP contribution in [0, 0.1) is 13.8 Å². The molecule has 0 aliphatic rings. The molecule has 0 spiro atoms. The number of benzene rings is 2. The number of ketones is 2. The Morgan fingerprint density at radius 3 is 1.59 bits per heavy atom. The number of hydrogen-bond acceptors (Lipinski definition) is 4. The van der Waals surface area contributed by atoms with Crippen LogP contribution in [0.15, 0.2) is 36.4 Å². The molecular formula is C22H25BrN2O4. The van der Waals surface area contributed by atoms with E-state index in [1.807, 2.05) is 13.8 Å². The van der Waals surface area contributed by atoms with Crippen LogP contribution in [0.3, 0.4) is 0 Å². The Balaban J connectivity index is 0.000000291. The van der Waals surface area contributed by atoms with E-state index in [1.165, 1.54) is 6.92 Å². The highest BCUT2D eigenvalue weighted by Crippen LogP contribution is 2.13. The predicted molar refractivity (Wildman–Crippen MR) is 117 cm³/mol. The molecule has 0 saturated carbocycles. The van der Waals surface area contributed by atoms with Crippen molar-refractivity contribution in [2.24, 2.45) is 0 Å². The molecule has 0 aliphatic carbocycles. The molecule has 2 amide bonds. The average Bonchev–Trinajstić information content (AvgIpc) is 2.72.